The molecule has 0 saturated heterocycles. The molecule has 1 aromatic heterocycles. The van der Waals surface area contributed by atoms with Crippen molar-refractivity contribution in [3.8, 4) is 0 Å². The molecule has 1 atom stereocenters. The van der Waals surface area contributed by atoms with Gasteiger partial charge in [0.2, 0.25) is 5.91 Å². The predicted molar refractivity (Wildman–Crippen MR) is 110 cm³/mol. The highest BCUT2D eigenvalue weighted by molar-refractivity contribution is 6.06. The van der Waals surface area contributed by atoms with Gasteiger partial charge in [-0.2, -0.15) is 18.3 Å². The number of aliphatic hydroxyl groups excluding tert-OH is 1. The van der Waals surface area contributed by atoms with Crippen LogP contribution in [0.3, 0.4) is 0 Å². The van der Waals surface area contributed by atoms with E-state index in [2.05, 4.69) is 15.7 Å². The molecule has 0 aliphatic heterocycles. The van der Waals surface area contributed by atoms with Gasteiger partial charge in [-0.3, -0.25) is 14.3 Å². The molecule has 2 amide bonds. The van der Waals surface area contributed by atoms with Crippen molar-refractivity contribution < 1.29 is 32.3 Å². The van der Waals surface area contributed by atoms with Crippen molar-refractivity contribution in [1.82, 2.24) is 20.4 Å². The number of hydrogen-bond donors (Lipinski definition) is 3. The van der Waals surface area contributed by atoms with Crippen LogP contribution in [0, 0.1) is 11.2 Å². The minimum absolute atomic E-state index is 0.0699. The molecule has 0 spiro atoms. The molecule has 0 aliphatic carbocycles. The lowest BCUT2D eigenvalue weighted by atomic mass is 9.86. The number of carbonyl (C=O) groups excluding carboxylic acids is 2. The van der Waals surface area contributed by atoms with Crippen LogP contribution in [0.1, 0.15) is 50.5 Å². The van der Waals surface area contributed by atoms with Crippen molar-refractivity contribution in [3.05, 3.63) is 29.7 Å². The number of carbonyl (C=O) groups is 2. The average Bonchev–Trinajstić information content (AvgIpc) is 3.04. The SMILES string of the molecule is CC(C)(C)C(NC(=O)c1nn(CCCC(F)(F)F)c2c(F)cccc12)C(=O)NCCCO. The van der Waals surface area contributed by atoms with Crippen LogP contribution >= 0.6 is 0 Å². The van der Waals surface area contributed by atoms with Crippen LogP contribution in [0.4, 0.5) is 17.6 Å². The molecule has 3 N–H and O–H groups in total. The molecule has 7 nitrogen and oxygen atoms in total. The summed E-state index contributed by atoms with van der Waals surface area (Å²) in [5.74, 6) is -1.91. The minimum atomic E-state index is -4.36. The number of fused-ring (bicyclic) bond motifs is 1. The van der Waals surface area contributed by atoms with Crippen molar-refractivity contribution >= 4 is 22.7 Å². The molecule has 32 heavy (non-hydrogen) atoms. The number of halogens is 4. The molecule has 2 aromatic rings. The zero-order chi connectivity index (χ0) is 24.1. The van der Waals surface area contributed by atoms with Crippen molar-refractivity contribution in [3.63, 3.8) is 0 Å². The zero-order valence-corrected chi connectivity index (χ0v) is 18.2. The lowest BCUT2D eigenvalue weighted by Crippen LogP contribution is -2.53. The number of benzene rings is 1. The zero-order valence-electron chi connectivity index (χ0n) is 18.2. The molecule has 1 unspecified atom stereocenters. The second-order valence-corrected chi connectivity index (χ2v) is 8.57. The number of alkyl halides is 3. The Hall–Kier alpha value is -2.69. The van der Waals surface area contributed by atoms with E-state index in [4.69, 9.17) is 5.11 Å². The van der Waals surface area contributed by atoms with Crippen molar-refractivity contribution in [2.75, 3.05) is 13.2 Å². The number of aromatic nitrogens is 2. The smallest absolute Gasteiger partial charge is 0.389 e. The largest absolute Gasteiger partial charge is 0.396 e. The van der Waals surface area contributed by atoms with Gasteiger partial charge in [-0.15, -0.1) is 0 Å². The van der Waals surface area contributed by atoms with E-state index in [1.165, 1.54) is 12.1 Å². The summed E-state index contributed by atoms with van der Waals surface area (Å²) in [7, 11) is 0. The third-order valence-corrected chi connectivity index (χ3v) is 4.80. The molecule has 0 bridgehead atoms. The number of nitrogens with zero attached hydrogens (tertiary/aromatic N) is 2. The fraction of sp³-hybridized carbons (Fsp3) is 0.571. The molecule has 0 saturated carbocycles. The van der Waals surface area contributed by atoms with Gasteiger partial charge in [0.15, 0.2) is 5.69 Å². The Balaban J connectivity index is 2.31. The predicted octanol–water partition coefficient (Wildman–Crippen LogP) is 3.16. The highest BCUT2D eigenvalue weighted by Gasteiger charge is 2.34. The quantitative estimate of drug-likeness (QED) is 0.396. The first-order valence-corrected chi connectivity index (χ1v) is 10.3. The second kappa shape index (κ2) is 10.3. The van der Waals surface area contributed by atoms with Gasteiger partial charge < -0.3 is 15.7 Å². The number of para-hydroxylation sites is 1. The van der Waals surface area contributed by atoms with Gasteiger partial charge in [-0.1, -0.05) is 32.9 Å². The summed E-state index contributed by atoms with van der Waals surface area (Å²) in [6.45, 7) is 5.13. The lowest BCUT2D eigenvalue weighted by Gasteiger charge is -2.30. The number of nitrogens with one attached hydrogen (secondary N) is 2. The van der Waals surface area contributed by atoms with E-state index in [1.54, 1.807) is 20.8 Å². The van der Waals surface area contributed by atoms with Crippen LogP contribution in [-0.4, -0.2) is 52.1 Å². The van der Waals surface area contributed by atoms with Crippen molar-refractivity contribution in [2.24, 2.45) is 5.41 Å². The highest BCUT2D eigenvalue weighted by Crippen LogP contribution is 2.26. The Kier molecular flexibility index (Phi) is 8.22. The molecule has 178 valence electrons. The van der Waals surface area contributed by atoms with Crippen LogP contribution in [0.5, 0.6) is 0 Å². The van der Waals surface area contributed by atoms with Gasteiger partial charge in [-0.05, 0) is 24.3 Å². The minimum Gasteiger partial charge on any atom is -0.396 e. The first kappa shape index (κ1) is 25.6. The monoisotopic (exact) mass is 460 g/mol. The molecular weight excluding hydrogens is 432 g/mol. The molecule has 0 fully saturated rings. The fourth-order valence-corrected chi connectivity index (χ4v) is 3.22. The molecule has 11 heteroatoms. The lowest BCUT2D eigenvalue weighted by molar-refractivity contribution is -0.136. The van der Waals surface area contributed by atoms with Crippen LogP contribution in [-0.2, 0) is 11.3 Å². The van der Waals surface area contributed by atoms with Gasteiger partial charge in [-0.25, -0.2) is 4.39 Å². The number of aliphatic hydroxyl groups is 1. The summed E-state index contributed by atoms with van der Waals surface area (Å²) < 4.78 is 53.0. The Morgan fingerprint density at radius 1 is 1.19 bits per heavy atom. The Morgan fingerprint density at radius 2 is 1.88 bits per heavy atom. The fourth-order valence-electron chi connectivity index (χ4n) is 3.22. The number of hydrogen-bond acceptors (Lipinski definition) is 4. The van der Waals surface area contributed by atoms with Crippen molar-refractivity contribution in [2.45, 2.75) is 58.8 Å². The second-order valence-electron chi connectivity index (χ2n) is 8.57. The first-order chi connectivity index (χ1) is 14.8. The topological polar surface area (TPSA) is 96.2 Å². The highest BCUT2D eigenvalue weighted by atomic mass is 19.4. The van der Waals surface area contributed by atoms with E-state index in [0.29, 0.717) is 6.42 Å². The van der Waals surface area contributed by atoms with E-state index in [0.717, 1.165) is 10.7 Å². The van der Waals surface area contributed by atoms with Crippen LogP contribution < -0.4 is 10.6 Å². The number of aryl methyl sites for hydroxylation is 1. The summed E-state index contributed by atoms with van der Waals surface area (Å²) in [5.41, 5.74) is -0.932. The Bertz CT molecular complexity index is 951. The van der Waals surface area contributed by atoms with Crippen LogP contribution in [0.2, 0.25) is 0 Å². The summed E-state index contributed by atoms with van der Waals surface area (Å²) >= 11 is 0. The summed E-state index contributed by atoms with van der Waals surface area (Å²) in [5, 5.41) is 18.3. The first-order valence-electron chi connectivity index (χ1n) is 10.3. The molecular formula is C21H28F4N4O3. The van der Waals surface area contributed by atoms with E-state index >= 15 is 0 Å². The van der Waals surface area contributed by atoms with Gasteiger partial charge in [0, 0.05) is 31.5 Å². The maximum Gasteiger partial charge on any atom is 0.389 e. The summed E-state index contributed by atoms with van der Waals surface area (Å²) in [4.78, 5) is 25.6. The number of rotatable bonds is 9. The molecule has 1 aromatic carbocycles. The standard InChI is InChI=1S/C21H28F4N4O3/c1-20(2,3)17(19(32)26-10-6-12-30)27-18(31)15-13-7-4-8-14(22)16(13)29(28-15)11-5-9-21(23,24)25/h4,7-8,17,30H,5-6,9-12H2,1-3H3,(H,26,32)(H,27,31). The summed E-state index contributed by atoms with van der Waals surface area (Å²) in [6.07, 6.45) is -5.40. The Labute approximate surface area is 183 Å². The number of amides is 2. The molecule has 1 heterocycles. The van der Waals surface area contributed by atoms with E-state index in [1.807, 2.05) is 0 Å². The van der Waals surface area contributed by atoms with Crippen molar-refractivity contribution in [1.29, 1.82) is 0 Å². The van der Waals surface area contributed by atoms with Gasteiger partial charge in [0.25, 0.3) is 5.91 Å². The molecule has 2 rings (SSSR count). The molecule has 0 radical (unpaired) electrons. The van der Waals surface area contributed by atoms with Crippen LogP contribution in [0.15, 0.2) is 18.2 Å². The normalized spacial score (nSPS) is 13.2. The maximum absolute atomic E-state index is 14.4. The summed E-state index contributed by atoms with van der Waals surface area (Å²) in [6, 6.07) is 3.00. The average molecular weight is 460 g/mol. The third kappa shape index (κ3) is 6.65. The Morgan fingerprint density at radius 3 is 2.47 bits per heavy atom. The molecule has 0 aliphatic rings. The third-order valence-electron chi connectivity index (χ3n) is 4.80. The van der Waals surface area contributed by atoms with E-state index in [-0.39, 0.29) is 42.7 Å². The van der Waals surface area contributed by atoms with Crippen LogP contribution in [0.25, 0.3) is 10.9 Å². The van der Waals surface area contributed by atoms with E-state index < -0.39 is 41.7 Å². The maximum atomic E-state index is 14.4. The van der Waals surface area contributed by atoms with E-state index in [9.17, 15) is 27.2 Å². The van der Waals surface area contributed by atoms with Gasteiger partial charge >= 0.3 is 6.18 Å². The van der Waals surface area contributed by atoms with Gasteiger partial charge in [0.1, 0.15) is 17.4 Å². The van der Waals surface area contributed by atoms with Gasteiger partial charge in [0.05, 0.1) is 0 Å².